The van der Waals surface area contributed by atoms with Crippen molar-refractivity contribution in [1.82, 2.24) is 24.6 Å². The molecule has 11 nitrogen and oxygen atoms in total. The minimum atomic E-state index is -0.666. The Hall–Kier alpha value is -3.76. The van der Waals surface area contributed by atoms with Gasteiger partial charge < -0.3 is 14.2 Å². The van der Waals surface area contributed by atoms with Gasteiger partial charge in [0.25, 0.3) is 5.91 Å². The predicted octanol–water partition coefficient (Wildman–Crippen LogP) is 1.13. The normalized spacial score (nSPS) is 14.4. The SMILES string of the molecule is O=C(c1ccc([N+](=O)[O-])o1)N1CCN(c2ccc(-n3ccnc3)nn2)CC1. The Kier molecular flexibility index (Phi) is 4.24. The van der Waals surface area contributed by atoms with E-state index < -0.39 is 10.8 Å². The second kappa shape index (κ2) is 6.86. The number of anilines is 1. The number of amides is 1. The molecule has 27 heavy (non-hydrogen) atoms. The molecule has 1 amide bonds. The molecule has 0 radical (unpaired) electrons. The molecule has 0 saturated carbocycles. The van der Waals surface area contributed by atoms with Crippen LogP contribution in [-0.4, -0.2) is 61.7 Å². The molecule has 1 fully saturated rings. The number of carbonyl (C=O) groups excluding carboxylic acids is 1. The quantitative estimate of drug-likeness (QED) is 0.495. The van der Waals surface area contributed by atoms with Crippen LogP contribution in [0.5, 0.6) is 0 Å². The Morgan fingerprint density at radius 3 is 2.41 bits per heavy atom. The fourth-order valence-electron chi connectivity index (χ4n) is 2.85. The summed E-state index contributed by atoms with van der Waals surface area (Å²) in [6, 6.07) is 6.23. The predicted molar refractivity (Wildman–Crippen MR) is 92.6 cm³/mol. The van der Waals surface area contributed by atoms with E-state index in [2.05, 4.69) is 15.2 Å². The van der Waals surface area contributed by atoms with Crippen LogP contribution in [0.4, 0.5) is 11.7 Å². The maximum atomic E-state index is 12.4. The summed E-state index contributed by atoms with van der Waals surface area (Å²) < 4.78 is 6.75. The van der Waals surface area contributed by atoms with E-state index >= 15 is 0 Å². The van der Waals surface area contributed by atoms with Crippen LogP contribution in [0, 0.1) is 10.1 Å². The van der Waals surface area contributed by atoms with E-state index in [-0.39, 0.29) is 11.7 Å². The molecule has 0 atom stereocenters. The van der Waals surface area contributed by atoms with Crippen molar-refractivity contribution in [2.75, 3.05) is 31.1 Å². The highest BCUT2D eigenvalue weighted by atomic mass is 16.6. The fraction of sp³-hybridized carbons (Fsp3) is 0.250. The topological polar surface area (TPSA) is 123 Å². The lowest BCUT2D eigenvalue weighted by molar-refractivity contribution is -0.402. The van der Waals surface area contributed by atoms with Gasteiger partial charge in [-0.1, -0.05) is 0 Å². The molecule has 1 aliphatic rings. The largest absolute Gasteiger partial charge is 0.433 e. The van der Waals surface area contributed by atoms with E-state index in [9.17, 15) is 14.9 Å². The smallest absolute Gasteiger partial charge is 0.395 e. The number of nitro groups is 1. The molecule has 3 aromatic heterocycles. The zero-order chi connectivity index (χ0) is 18.8. The lowest BCUT2D eigenvalue weighted by Gasteiger charge is -2.34. The first kappa shape index (κ1) is 16.7. The molecule has 4 heterocycles. The highest BCUT2D eigenvalue weighted by Gasteiger charge is 2.26. The number of carbonyl (C=O) groups is 1. The minimum Gasteiger partial charge on any atom is -0.395 e. The molecule has 1 aliphatic heterocycles. The van der Waals surface area contributed by atoms with Gasteiger partial charge >= 0.3 is 5.88 Å². The lowest BCUT2D eigenvalue weighted by Crippen LogP contribution is -2.49. The first-order valence-electron chi connectivity index (χ1n) is 8.22. The molecule has 0 aliphatic carbocycles. The van der Waals surface area contributed by atoms with Gasteiger partial charge in [-0.3, -0.25) is 19.5 Å². The minimum absolute atomic E-state index is 0.0281. The average molecular weight is 369 g/mol. The molecular formula is C16H15N7O4. The van der Waals surface area contributed by atoms with E-state index in [1.165, 1.54) is 12.1 Å². The highest BCUT2D eigenvalue weighted by molar-refractivity contribution is 5.92. The third kappa shape index (κ3) is 3.34. The number of piperazine rings is 1. The second-order valence-corrected chi connectivity index (χ2v) is 5.89. The lowest BCUT2D eigenvalue weighted by atomic mass is 10.3. The Bertz CT molecular complexity index is 944. The van der Waals surface area contributed by atoms with Gasteiger partial charge in [0, 0.05) is 38.6 Å². The summed E-state index contributed by atoms with van der Waals surface area (Å²) in [6.07, 6.45) is 5.10. The molecule has 0 spiro atoms. The first-order chi connectivity index (χ1) is 13.1. The molecule has 0 unspecified atom stereocenters. The third-order valence-electron chi connectivity index (χ3n) is 4.28. The van der Waals surface area contributed by atoms with Gasteiger partial charge in [0.15, 0.2) is 17.4 Å². The van der Waals surface area contributed by atoms with Crippen LogP contribution in [0.15, 0.2) is 47.4 Å². The van der Waals surface area contributed by atoms with E-state index in [1.807, 2.05) is 17.0 Å². The molecule has 3 aromatic rings. The van der Waals surface area contributed by atoms with Gasteiger partial charge in [-0.05, 0) is 18.2 Å². The highest BCUT2D eigenvalue weighted by Crippen LogP contribution is 2.19. The summed E-state index contributed by atoms with van der Waals surface area (Å²) in [5.41, 5.74) is 0. The summed E-state index contributed by atoms with van der Waals surface area (Å²) in [5.74, 6) is 0.568. The van der Waals surface area contributed by atoms with Gasteiger partial charge in [0.05, 0.1) is 6.07 Å². The number of imidazole rings is 1. The van der Waals surface area contributed by atoms with Crippen molar-refractivity contribution in [2.24, 2.45) is 0 Å². The second-order valence-electron chi connectivity index (χ2n) is 5.89. The van der Waals surface area contributed by atoms with Crippen molar-refractivity contribution in [3.05, 3.63) is 58.9 Å². The maximum absolute atomic E-state index is 12.4. The number of hydrogen-bond acceptors (Lipinski definition) is 8. The number of furan rings is 1. The monoisotopic (exact) mass is 369 g/mol. The molecule has 0 N–H and O–H groups in total. The summed E-state index contributed by atoms with van der Waals surface area (Å²) in [6.45, 7) is 2.07. The van der Waals surface area contributed by atoms with Crippen molar-refractivity contribution in [1.29, 1.82) is 0 Å². The summed E-state index contributed by atoms with van der Waals surface area (Å²) in [7, 11) is 0. The summed E-state index contributed by atoms with van der Waals surface area (Å²) >= 11 is 0. The van der Waals surface area contributed by atoms with Gasteiger partial charge in [-0.15, -0.1) is 10.2 Å². The molecule has 0 bridgehead atoms. The van der Waals surface area contributed by atoms with E-state index in [0.29, 0.717) is 32.0 Å². The summed E-state index contributed by atoms with van der Waals surface area (Å²) in [4.78, 5) is 30.0. The number of rotatable bonds is 4. The molecular weight excluding hydrogens is 354 g/mol. The molecule has 4 rings (SSSR count). The van der Waals surface area contributed by atoms with Crippen molar-refractivity contribution in [2.45, 2.75) is 0 Å². The Labute approximate surface area is 153 Å². The van der Waals surface area contributed by atoms with Crippen LogP contribution in [0.25, 0.3) is 5.82 Å². The van der Waals surface area contributed by atoms with Crippen LogP contribution in [0.2, 0.25) is 0 Å². The van der Waals surface area contributed by atoms with Gasteiger partial charge in [0.1, 0.15) is 11.3 Å². The van der Waals surface area contributed by atoms with Gasteiger partial charge in [-0.25, -0.2) is 4.98 Å². The van der Waals surface area contributed by atoms with Crippen LogP contribution in [0.3, 0.4) is 0 Å². The summed E-state index contributed by atoms with van der Waals surface area (Å²) in [5, 5.41) is 19.1. The standard InChI is InChI=1S/C16H15N7O4/c24-16(12-1-4-15(27-12)23(25)26)21-9-7-20(8-10-21)13-2-3-14(19-18-13)22-6-5-17-11-22/h1-6,11H,7-10H2. The Morgan fingerprint density at radius 2 is 1.81 bits per heavy atom. The maximum Gasteiger partial charge on any atom is 0.433 e. The molecule has 0 aromatic carbocycles. The van der Waals surface area contributed by atoms with Crippen LogP contribution >= 0.6 is 0 Å². The van der Waals surface area contributed by atoms with Crippen LogP contribution in [-0.2, 0) is 0 Å². The van der Waals surface area contributed by atoms with Crippen LogP contribution < -0.4 is 4.90 Å². The average Bonchev–Trinajstić information content (AvgIpc) is 3.40. The van der Waals surface area contributed by atoms with E-state index in [4.69, 9.17) is 4.42 Å². The third-order valence-corrected chi connectivity index (χ3v) is 4.28. The van der Waals surface area contributed by atoms with Crippen molar-refractivity contribution in [3.63, 3.8) is 0 Å². The zero-order valence-electron chi connectivity index (χ0n) is 14.1. The van der Waals surface area contributed by atoms with Crippen molar-refractivity contribution < 1.29 is 14.1 Å². The zero-order valence-corrected chi connectivity index (χ0v) is 14.1. The Balaban J connectivity index is 1.38. The Morgan fingerprint density at radius 1 is 1.07 bits per heavy atom. The molecule has 1 saturated heterocycles. The van der Waals surface area contributed by atoms with Gasteiger partial charge in [-0.2, -0.15) is 0 Å². The van der Waals surface area contributed by atoms with E-state index in [0.717, 1.165) is 5.82 Å². The number of aromatic nitrogens is 4. The molecule has 138 valence electrons. The number of nitrogens with zero attached hydrogens (tertiary/aromatic N) is 7. The first-order valence-corrected chi connectivity index (χ1v) is 8.22. The molecule has 11 heteroatoms. The van der Waals surface area contributed by atoms with Crippen LogP contribution in [0.1, 0.15) is 10.6 Å². The van der Waals surface area contributed by atoms with Crippen molar-refractivity contribution in [3.8, 4) is 5.82 Å². The van der Waals surface area contributed by atoms with E-state index in [1.54, 1.807) is 28.2 Å². The van der Waals surface area contributed by atoms with Gasteiger partial charge in [0.2, 0.25) is 0 Å². The fourth-order valence-corrected chi connectivity index (χ4v) is 2.85. The number of hydrogen-bond donors (Lipinski definition) is 0. The van der Waals surface area contributed by atoms with Crippen molar-refractivity contribution >= 4 is 17.6 Å².